The normalized spacial score (nSPS) is 9.83. The molecule has 0 saturated carbocycles. The number of rotatable bonds is 4. The Labute approximate surface area is 89.0 Å². The summed E-state index contributed by atoms with van der Waals surface area (Å²) in [7, 11) is 0. The van der Waals surface area contributed by atoms with Gasteiger partial charge in [0.2, 0.25) is 0 Å². The van der Waals surface area contributed by atoms with Gasteiger partial charge in [0.05, 0.1) is 0 Å². The molecule has 0 aliphatic carbocycles. The standard InChI is InChI=1S/C10H13O.Bi.2H/c1-2-3-9-11-10-7-5-4-6-8-10;;;/h4-5,7-8H,2-3,9H2,1H3;;;. The predicted octanol–water partition coefficient (Wildman–Crippen LogP) is 1.12. The fraction of sp³-hybridized carbons (Fsp3) is 0.400. The third kappa shape index (κ3) is 3.53. The zero-order chi connectivity index (χ0) is 8.81. The van der Waals surface area contributed by atoms with Gasteiger partial charge in [0.1, 0.15) is 0 Å². The number of ether oxygens (including phenoxy) is 1. The Hall–Kier alpha value is -0.0969. The second-order valence-corrected chi connectivity index (χ2v) is 5.37. The second-order valence-electron chi connectivity index (χ2n) is 2.77. The van der Waals surface area contributed by atoms with Gasteiger partial charge in [0.25, 0.3) is 0 Å². The first-order valence-corrected chi connectivity index (χ1v) is 6.55. The van der Waals surface area contributed by atoms with E-state index in [4.69, 9.17) is 4.74 Å². The van der Waals surface area contributed by atoms with Gasteiger partial charge in [-0.2, -0.15) is 0 Å². The van der Waals surface area contributed by atoms with E-state index in [0.29, 0.717) is 0 Å². The van der Waals surface area contributed by atoms with Crippen LogP contribution in [-0.4, -0.2) is 31.3 Å². The topological polar surface area (TPSA) is 9.23 Å². The van der Waals surface area contributed by atoms with E-state index in [9.17, 15) is 0 Å². The zero-order valence-electron chi connectivity index (χ0n) is 7.42. The van der Waals surface area contributed by atoms with Crippen LogP contribution in [0, 0.1) is 0 Å². The molecule has 66 valence electrons. The molecule has 1 aromatic carbocycles. The first kappa shape index (κ1) is 9.99. The Balaban J connectivity index is 2.41. The molecule has 0 aromatic heterocycles. The van der Waals surface area contributed by atoms with Gasteiger partial charge in [-0.3, -0.25) is 0 Å². The van der Waals surface area contributed by atoms with Crippen LogP contribution in [0.25, 0.3) is 0 Å². The minimum absolute atomic E-state index is 0.852. The van der Waals surface area contributed by atoms with Gasteiger partial charge in [-0.05, 0) is 0 Å². The maximum absolute atomic E-state index is 5.55. The fourth-order valence-electron chi connectivity index (χ4n) is 0.939. The van der Waals surface area contributed by atoms with E-state index in [1.165, 1.54) is 9.69 Å². The molecule has 0 saturated heterocycles. The SMILES string of the molecule is CCCCOc1ccc[c]([BiH2])c1. The van der Waals surface area contributed by atoms with Crippen molar-refractivity contribution in [2.75, 3.05) is 6.61 Å². The second kappa shape index (κ2) is 5.53. The summed E-state index contributed by atoms with van der Waals surface area (Å²) in [6.45, 7) is 3.03. The number of hydrogen-bond acceptors (Lipinski definition) is 1. The van der Waals surface area contributed by atoms with Crippen LogP contribution >= 0.6 is 0 Å². The first-order valence-electron chi connectivity index (χ1n) is 4.31. The third-order valence-electron chi connectivity index (χ3n) is 1.62. The van der Waals surface area contributed by atoms with E-state index in [0.717, 1.165) is 43.5 Å². The van der Waals surface area contributed by atoms with Crippen molar-refractivity contribution in [1.29, 1.82) is 0 Å². The summed E-state index contributed by atoms with van der Waals surface area (Å²) in [6.07, 6.45) is 2.34. The van der Waals surface area contributed by atoms with E-state index in [1.54, 1.807) is 0 Å². The van der Waals surface area contributed by atoms with Gasteiger partial charge < -0.3 is 0 Å². The number of hydrogen-bond donors (Lipinski definition) is 0. The molecule has 0 aliphatic heterocycles. The maximum atomic E-state index is 5.55. The number of benzene rings is 1. The van der Waals surface area contributed by atoms with Crippen LogP contribution in [0.1, 0.15) is 19.8 Å². The Morgan fingerprint density at radius 3 is 2.92 bits per heavy atom. The van der Waals surface area contributed by atoms with Crippen LogP contribution in [0.15, 0.2) is 24.3 Å². The minimum atomic E-state index is 0.852. The summed E-state index contributed by atoms with van der Waals surface area (Å²) < 4.78 is 6.97. The molecule has 0 bridgehead atoms. The van der Waals surface area contributed by atoms with Crippen LogP contribution in [0.4, 0.5) is 0 Å². The summed E-state index contributed by atoms with van der Waals surface area (Å²) in [5, 5.41) is 0. The van der Waals surface area contributed by atoms with Crippen LogP contribution in [0.2, 0.25) is 0 Å². The van der Waals surface area contributed by atoms with Gasteiger partial charge in [-0.15, -0.1) is 0 Å². The van der Waals surface area contributed by atoms with Gasteiger partial charge in [-0.1, -0.05) is 0 Å². The molecule has 0 atom stereocenters. The molecular weight excluding hydrogens is 345 g/mol. The van der Waals surface area contributed by atoms with Crippen molar-refractivity contribution in [2.45, 2.75) is 19.8 Å². The summed E-state index contributed by atoms with van der Waals surface area (Å²) >= 11 is 0.907. The predicted molar refractivity (Wildman–Crippen MR) is 55.0 cm³/mol. The molecule has 0 amide bonds. The fourth-order valence-corrected chi connectivity index (χ4v) is 2.01. The van der Waals surface area contributed by atoms with E-state index in [1.807, 2.05) is 6.07 Å². The molecule has 0 radical (unpaired) electrons. The van der Waals surface area contributed by atoms with Crippen molar-refractivity contribution >= 4 is 28.0 Å². The molecule has 1 aromatic rings. The van der Waals surface area contributed by atoms with E-state index >= 15 is 0 Å². The van der Waals surface area contributed by atoms with Gasteiger partial charge >= 0.3 is 89.1 Å². The van der Waals surface area contributed by atoms with Crippen LogP contribution in [0.3, 0.4) is 0 Å². The van der Waals surface area contributed by atoms with E-state index in [2.05, 4.69) is 25.1 Å². The summed E-state index contributed by atoms with van der Waals surface area (Å²) in [6, 6.07) is 8.38. The van der Waals surface area contributed by atoms with E-state index in [-0.39, 0.29) is 0 Å². The first-order chi connectivity index (χ1) is 5.83. The molecule has 0 unspecified atom stereocenters. The van der Waals surface area contributed by atoms with Gasteiger partial charge in [-0.25, -0.2) is 0 Å². The molecule has 0 fully saturated rings. The Bertz CT molecular complexity index is 235. The average molecular weight is 360 g/mol. The molecule has 12 heavy (non-hydrogen) atoms. The molecular formula is C10H15BiO. The van der Waals surface area contributed by atoms with Crippen molar-refractivity contribution in [2.24, 2.45) is 0 Å². The van der Waals surface area contributed by atoms with Gasteiger partial charge in [0.15, 0.2) is 0 Å². The monoisotopic (exact) mass is 360 g/mol. The average Bonchev–Trinajstić information content (AvgIpc) is 2.05. The molecule has 0 aliphatic rings. The quantitative estimate of drug-likeness (QED) is 0.578. The van der Waals surface area contributed by atoms with Crippen molar-refractivity contribution < 1.29 is 4.74 Å². The Kier molecular flexibility index (Phi) is 4.60. The molecule has 2 heteroatoms. The Morgan fingerprint density at radius 2 is 2.25 bits per heavy atom. The number of unbranched alkanes of at least 4 members (excludes halogenated alkanes) is 1. The molecule has 1 rings (SSSR count). The summed E-state index contributed by atoms with van der Waals surface area (Å²) in [5.41, 5.74) is 0. The Morgan fingerprint density at radius 1 is 1.42 bits per heavy atom. The summed E-state index contributed by atoms with van der Waals surface area (Å²) in [5.74, 6) is 1.03. The molecule has 1 nitrogen and oxygen atoms in total. The van der Waals surface area contributed by atoms with E-state index < -0.39 is 0 Å². The van der Waals surface area contributed by atoms with Crippen molar-refractivity contribution in [3.8, 4) is 5.75 Å². The van der Waals surface area contributed by atoms with Crippen molar-refractivity contribution in [3.63, 3.8) is 0 Å². The zero-order valence-corrected chi connectivity index (χ0v) is 11.9. The van der Waals surface area contributed by atoms with Gasteiger partial charge in [0, 0.05) is 0 Å². The van der Waals surface area contributed by atoms with Crippen LogP contribution in [0.5, 0.6) is 5.75 Å². The van der Waals surface area contributed by atoms with Crippen LogP contribution in [-0.2, 0) is 0 Å². The van der Waals surface area contributed by atoms with Crippen molar-refractivity contribution in [1.82, 2.24) is 0 Å². The molecule has 0 spiro atoms. The summed E-state index contributed by atoms with van der Waals surface area (Å²) in [4.78, 5) is 0. The molecule has 0 heterocycles. The van der Waals surface area contributed by atoms with Crippen LogP contribution < -0.4 is 8.01 Å². The third-order valence-corrected chi connectivity index (χ3v) is 3.02. The van der Waals surface area contributed by atoms with Crippen molar-refractivity contribution in [3.05, 3.63) is 24.3 Å². The molecule has 0 N–H and O–H groups in total.